The summed E-state index contributed by atoms with van der Waals surface area (Å²) in [5.74, 6) is 0.543. The van der Waals surface area contributed by atoms with Crippen LogP contribution < -0.4 is 0 Å². The number of piperidine rings is 1. The van der Waals surface area contributed by atoms with Crippen LogP contribution in [-0.4, -0.2) is 32.9 Å². The molecular formula is C13H16N4S. The van der Waals surface area contributed by atoms with Crippen LogP contribution in [0, 0.1) is 0 Å². The molecule has 1 aliphatic heterocycles. The van der Waals surface area contributed by atoms with Crippen molar-refractivity contribution in [2.75, 3.05) is 13.1 Å². The van der Waals surface area contributed by atoms with E-state index in [1.54, 1.807) is 17.7 Å². The standard InChI is InChI=1S/C13H16N4S/c1-2-11(12-3-4-14-10-16-12)8-17(6-1)9-13-15-5-7-18-13/h3-5,7,10-11H,1-2,6,8-9H2/t11-/m0/s1. The maximum absolute atomic E-state index is 4.38. The van der Waals surface area contributed by atoms with Crippen molar-refractivity contribution < 1.29 is 0 Å². The predicted molar refractivity (Wildman–Crippen MR) is 71.4 cm³/mol. The zero-order chi connectivity index (χ0) is 12.2. The molecule has 0 aliphatic carbocycles. The molecule has 2 aromatic heterocycles. The fraction of sp³-hybridized carbons (Fsp3) is 0.462. The third-order valence-electron chi connectivity index (χ3n) is 3.37. The smallest absolute Gasteiger partial charge is 0.115 e. The van der Waals surface area contributed by atoms with Crippen LogP contribution in [0.4, 0.5) is 0 Å². The third-order valence-corrected chi connectivity index (χ3v) is 4.14. The number of likely N-dealkylation sites (tertiary alicyclic amines) is 1. The average molecular weight is 260 g/mol. The molecule has 1 fully saturated rings. The third kappa shape index (κ3) is 2.73. The minimum Gasteiger partial charge on any atom is -0.296 e. The first-order chi connectivity index (χ1) is 8.92. The monoisotopic (exact) mass is 260 g/mol. The molecule has 0 aromatic carbocycles. The molecule has 18 heavy (non-hydrogen) atoms. The Morgan fingerprint density at radius 1 is 1.33 bits per heavy atom. The molecular weight excluding hydrogens is 244 g/mol. The van der Waals surface area contributed by atoms with Crippen LogP contribution in [0.5, 0.6) is 0 Å². The summed E-state index contributed by atoms with van der Waals surface area (Å²) >= 11 is 1.74. The summed E-state index contributed by atoms with van der Waals surface area (Å²) in [6.07, 6.45) is 7.83. The number of hydrogen-bond donors (Lipinski definition) is 0. The largest absolute Gasteiger partial charge is 0.296 e. The zero-order valence-electron chi connectivity index (χ0n) is 10.2. The summed E-state index contributed by atoms with van der Waals surface area (Å²) in [5.41, 5.74) is 1.17. The van der Waals surface area contributed by atoms with Crippen LogP contribution in [0.2, 0.25) is 0 Å². The van der Waals surface area contributed by atoms with Crippen molar-refractivity contribution in [3.8, 4) is 0 Å². The van der Waals surface area contributed by atoms with Gasteiger partial charge in [-0.05, 0) is 25.5 Å². The molecule has 1 saturated heterocycles. The van der Waals surface area contributed by atoms with E-state index in [0.717, 1.165) is 13.1 Å². The van der Waals surface area contributed by atoms with Crippen LogP contribution >= 0.6 is 11.3 Å². The molecule has 0 unspecified atom stereocenters. The van der Waals surface area contributed by atoms with Crippen LogP contribution in [0.15, 0.2) is 30.2 Å². The lowest BCUT2D eigenvalue weighted by Gasteiger charge is -2.31. The van der Waals surface area contributed by atoms with Gasteiger partial charge in [0.15, 0.2) is 0 Å². The molecule has 0 amide bonds. The summed E-state index contributed by atoms with van der Waals surface area (Å²) in [6, 6.07) is 2.04. The first kappa shape index (κ1) is 11.7. The molecule has 0 saturated carbocycles. The maximum Gasteiger partial charge on any atom is 0.115 e. The molecule has 3 rings (SSSR count). The van der Waals surface area contributed by atoms with Gasteiger partial charge in [0.2, 0.25) is 0 Å². The lowest BCUT2D eigenvalue weighted by molar-refractivity contribution is 0.198. The van der Waals surface area contributed by atoms with Crippen LogP contribution in [0.25, 0.3) is 0 Å². The number of aromatic nitrogens is 3. The maximum atomic E-state index is 4.38. The van der Waals surface area contributed by atoms with Crippen molar-refractivity contribution >= 4 is 11.3 Å². The van der Waals surface area contributed by atoms with E-state index in [2.05, 4.69) is 19.9 Å². The molecule has 5 heteroatoms. The van der Waals surface area contributed by atoms with Crippen molar-refractivity contribution in [3.05, 3.63) is 40.9 Å². The van der Waals surface area contributed by atoms with E-state index in [-0.39, 0.29) is 0 Å². The van der Waals surface area contributed by atoms with E-state index in [9.17, 15) is 0 Å². The highest BCUT2D eigenvalue weighted by atomic mass is 32.1. The van der Waals surface area contributed by atoms with Gasteiger partial charge in [0.25, 0.3) is 0 Å². The van der Waals surface area contributed by atoms with Crippen molar-refractivity contribution in [2.24, 2.45) is 0 Å². The van der Waals surface area contributed by atoms with Crippen LogP contribution in [-0.2, 0) is 6.54 Å². The number of thiazole rings is 1. The van der Waals surface area contributed by atoms with Gasteiger partial charge >= 0.3 is 0 Å². The minimum absolute atomic E-state index is 0.543. The second kappa shape index (κ2) is 5.54. The van der Waals surface area contributed by atoms with Gasteiger partial charge in [0.1, 0.15) is 11.3 Å². The highest BCUT2D eigenvalue weighted by Crippen LogP contribution is 2.26. The molecule has 1 atom stereocenters. The molecule has 1 aliphatic rings. The van der Waals surface area contributed by atoms with E-state index < -0.39 is 0 Å². The van der Waals surface area contributed by atoms with Gasteiger partial charge in [-0.25, -0.2) is 15.0 Å². The Hall–Kier alpha value is -1.33. The molecule has 0 spiro atoms. The van der Waals surface area contributed by atoms with E-state index in [1.807, 2.05) is 23.8 Å². The lowest BCUT2D eigenvalue weighted by atomic mass is 9.94. The quantitative estimate of drug-likeness (QED) is 0.849. The normalized spacial score (nSPS) is 21.0. The van der Waals surface area contributed by atoms with Crippen molar-refractivity contribution in [3.63, 3.8) is 0 Å². The first-order valence-electron chi connectivity index (χ1n) is 6.28. The van der Waals surface area contributed by atoms with E-state index >= 15 is 0 Å². The van der Waals surface area contributed by atoms with Crippen molar-refractivity contribution in [1.29, 1.82) is 0 Å². The molecule has 3 heterocycles. The highest BCUT2D eigenvalue weighted by Gasteiger charge is 2.22. The molecule has 4 nitrogen and oxygen atoms in total. The summed E-state index contributed by atoms with van der Waals surface area (Å²) in [4.78, 5) is 15.2. The fourth-order valence-corrected chi connectivity index (χ4v) is 3.16. The summed E-state index contributed by atoms with van der Waals surface area (Å²) in [5, 5.41) is 3.25. The van der Waals surface area contributed by atoms with Gasteiger partial charge < -0.3 is 0 Å². The topological polar surface area (TPSA) is 41.9 Å². The van der Waals surface area contributed by atoms with E-state index in [1.165, 1.54) is 30.1 Å². The summed E-state index contributed by atoms with van der Waals surface area (Å²) in [7, 11) is 0. The average Bonchev–Trinajstić information content (AvgIpc) is 2.93. The SMILES string of the molecule is c1cc([C@H]2CCCN(Cc3nccs3)C2)ncn1. The Kier molecular flexibility index (Phi) is 3.61. The Bertz CT molecular complexity index is 471. The summed E-state index contributed by atoms with van der Waals surface area (Å²) in [6.45, 7) is 3.22. The second-order valence-corrected chi connectivity index (χ2v) is 5.61. The Labute approximate surface area is 111 Å². The minimum atomic E-state index is 0.543. The van der Waals surface area contributed by atoms with Gasteiger partial charge in [-0.15, -0.1) is 11.3 Å². The Balaban J connectivity index is 1.65. The van der Waals surface area contributed by atoms with Gasteiger partial charge in [0.05, 0.1) is 6.54 Å². The van der Waals surface area contributed by atoms with Gasteiger partial charge in [-0.1, -0.05) is 0 Å². The Morgan fingerprint density at radius 3 is 3.11 bits per heavy atom. The highest BCUT2D eigenvalue weighted by molar-refractivity contribution is 7.09. The van der Waals surface area contributed by atoms with Gasteiger partial charge in [-0.3, -0.25) is 4.90 Å². The molecule has 0 bridgehead atoms. The molecule has 0 N–H and O–H groups in total. The van der Waals surface area contributed by atoms with Crippen LogP contribution in [0.3, 0.4) is 0 Å². The number of nitrogens with zero attached hydrogens (tertiary/aromatic N) is 4. The Morgan fingerprint density at radius 2 is 2.33 bits per heavy atom. The fourth-order valence-electron chi connectivity index (χ4n) is 2.51. The van der Waals surface area contributed by atoms with E-state index in [0.29, 0.717) is 5.92 Å². The summed E-state index contributed by atoms with van der Waals surface area (Å²) < 4.78 is 0. The molecule has 0 radical (unpaired) electrons. The number of rotatable bonds is 3. The number of hydrogen-bond acceptors (Lipinski definition) is 5. The van der Waals surface area contributed by atoms with E-state index in [4.69, 9.17) is 0 Å². The second-order valence-electron chi connectivity index (χ2n) is 4.63. The lowest BCUT2D eigenvalue weighted by Crippen LogP contribution is -2.34. The predicted octanol–water partition coefficient (Wildman–Crippen LogP) is 2.31. The van der Waals surface area contributed by atoms with Crippen molar-refractivity contribution in [1.82, 2.24) is 19.9 Å². The first-order valence-corrected chi connectivity index (χ1v) is 7.16. The van der Waals surface area contributed by atoms with Crippen LogP contribution in [0.1, 0.15) is 29.5 Å². The zero-order valence-corrected chi connectivity index (χ0v) is 11.0. The van der Waals surface area contributed by atoms with Crippen molar-refractivity contribution in [2.45, 2.75) is 25.3 Å². The molecule has 94 valence electrons. The van der Waals surface area contributed by atoms with Gasteiger partial charge in [-0.2, -0.15) is 0 Å². The molecule has 2 aromatic rings. The van der Waals surface area contributed by atoms with Gasteiger partial charge in [0, 0.05) is 35.9 Å².